The van der Waals surface area contributed by atoms with Crippen molar-refractivity contribution in [2.45, 2.75) is 12.3 Å². The molecule has 0 saturated heterocycles. The summed E-state index contributed by atoms with van der Waals surface area (Å²) in [5.74, 6) is 0.474. The molecular weight excluding hydrogens is 343 g/mol. The van der Waals surface area contributed by atoms with Crippen LogP contribution < -0.4 is 0 Å². The Morgan fingerprint density at radius 2 is 1.47 bits per heavy atom. The number of rotatable bonds is 2. The van der Waals surface area contributed by atoms with Crippen LogP contribution in [0, 0.1) is 0 Å². The van der Waals surface area contributed by atoms with Crippen molar-refractivity contribution in [3.63, 3.8) is 0 Å². The van der Waals surface area contributed by atoms with Crippen molar-refractivity contribution in [2.75, 3.05) is 0 Å². The summed E-state index contributed by atoms with van der Waals surface area (Å²) in [6.07, 6.45) is 5.73. The van der Waals surface area contributed by atoms with Gasteiger partial charge >= 0.3 is 0 Å². The van der Waals surface area contributed by atoms with Gasteiger partial charge in [-0.25, -0.2) is 0 Å². The molecule has 0 N–H and O–H groups in total. The molecule has 0 aliphatic heterocycles. The summed E-state index contributed by atoms with van der Waals surface area (Å²) in [6.45, 7) is 0. The normalized spacial score (nSPS) is 18.7. The molecule has 0 saturated carbocycles. The maximum atomic E-state index is 2.41. The van der Waals surface area contributed by atoms with Crippen molar-refractivity contribution in [1.29, 1.82) is 0 Å². The SMILES string of the molecule is IC1=CCC(c2ccccc2)C(c2ccccc2)=C1. The molecule has 94 valence electrons. The van der Waals surface area contributed by atoms with Gasteiger partial charge in [0.15, 0.2) is 0 Å². The second-order valence-corrected chi connectivity index (χ2v) is 6.00. The minimum atomic E-state index is 0.474. The summed E-state index contributed by atoms with van der Waals surface area (Å²) < 4.78 is 1.34. The Labute approximate surface area is 128 Å². The van der Waals surface area contributed by atoms with Crippen molar-refractivity contribution in [3.8, 4) is 0 Å². The van der Waals surface area contributed by atoms with Crippen molar-refractivity contribution in [2.24, 2.45) is 0 Å². The smallest absolute Gasteiger partial charge is 0.0131 e. The van der Waals surface area contributed by atoms with Gasteiger partial charge in [-0.15, -0.1) is 0 Å². The van der Waals surface area contributed by atoms with Crippen LogP contribution in [0.15, 0.2) is 76.4 Å². The first-order valence-corrected chi connectivity index (χ1v) is 7.60. The van der Waals surface area contributed by atoms with Crippen LogP contribution in [-0.4, -0.2) is 0 Å². The Kier molecular flexibility index (Phi) is 3.83. The first-order valence-electron chi connectivity index (χ1n) is 6.52. The van der Waals surface area contributed by atoms with Gasteiger partial charge in [-0.1, -0.05) is 66.7 Å². The molecule has 0 amide bonds. The fourth-order valence-corrected chi connectivity index (χ4v) is 3.17. The molecule has 2 aromatic carbocycles. The van der Waals surface area contributed by atoms with E-state index in [2.05, 4.69) is 95.4 Å². The largest absolute Gasteiger partial charge is 0.0702 e. The van der Waals surface area contributed by atoms with Gasteiger partial charge in [0.1, 0.15) is 0 Å². The Morgan fingerprint density at radius 1 is 0.842 bits per heavy atom. The van der Waals surface area contributed by atoms with Gasteiger partial charge in [0, 0.05) is 9.50 Å². The topological polar surface area (TPSA) is 0 Å². The molecule has 0 nitrogen and oxygen atoms in total. The number of hydrogen-bond acceptors (Lipinski definition) is 0. The maximum Gasteiger partial charge on any atom is 0.0131 e. The van der Waals surface area contributed by atoms with Gasteiger partial charge in [-0.2, -0.15) is 0 Å². The molecule has 1 aliphatic rings. The highest BCUT2D eigenvalue weighted by molar-refractivity contribution is 14.1. The predicted molar refractivity (Wildman–Crippen MR) is 90.3 cm³/mol. The highest BCUT2D eigenvalue weighted by Crippen LogP contribution is 2.40. The van der Waals surface area contributed by atoms with Crippen molar-refractivity contribution >= 4 is 28.2 Å². The van der Waals surface area contributed by atoms with Crippen LogP contribution >= 0.6 is 22.6 Å². The molecule has 1 atom stereocenters. The molecule has 1 heteroatoms. The second-order valence-electron chi connectivity index (χ2n) is 4.75. The third-order valence-electron chi connectivity index (χ3n) is 3.53. The molecule has 0 aromatic heterocycles. The van der Waals surface area contributed by atoms with Gasteiger partial charge in [-0.3, -0.25) is 0 Å². The molecule has 19 heavy (non-hydrogen) atoms. The van der Waals surface area contributed by atoms with Crippen LogP contribution in [0.4, 0.5) is 0 Å². The molecule has 2 aromatic rings. The van der Waals surface area contributed by atoms with Crippen LogP contribution in [0.25, 0.3) is 5.57 Å². The quantitative estimate of drug-likeness (QED) is 0.615. The minimum absolute atomic E-state index is 0.474. The fraction of sp³-hybridized carbons (Fsp3) is 0.111. The Balaban J connectivity index is 2.04. The summed E-state index contributed by atoms with van der Waals surface area (Å²) in [4.78, 5) is 0. The number of allylic oxidation sites excluding steroid dienone is 4. The van der Waals surface area contributed by atoms with E-state index in [4.69, 9.17) is 0 Å². The third kappa shape index (κ3) is 2.81. The van der Waals surface area contributed by atoms with E-state index in [-0.39, 0.29) is 0 Å². The lowest BCUT2D eigenvalue weighted by Gasteiger charge is -2.23. The summed E-state index contributed by atoms with van der Waals surface area (Å²) in [7, 11) is 0. The van der Waals surface area contributed by atoms with Gasteiger partial charge in [-0.05, 0) is 51.8 Å². The van der Waals surface area contributed by atoms with E-state index in [9.17, 15) is 0 Å². The summed E-state index contributed by atoms with van der Waals surface area (Å²) in [6, 6.07) is 21.5. The van der Waals surface area contributed by atoms with E-state index < -0.39 is 0 Å². The minimum Gasteiger partial charge on any atom is -0.0702 e. The van der Waals surface area contributed by atoms with Crippen LogP contribution in [0.1, 0.15) is 23.5 Å². The molecule has 0 spiro atoms. The predicted octanol–water partition coefficient (Wildman–Crippen LogP) is 5.58. The molecule has 0 radical (unpaired) electrons. The van der Waals surface area contributed by atoms with Gasteiger partial charge in [0.25, 0.3) is 0 Å². The molecule has 1 aliphatic carbocycles. The van der Waals surface area contributed by atoms with E-state index >= 15 is 0 Å². The molecule has 0 heterocycles. The molecule has 0 fully saturated rings. The second kappa shape index (κ2) is 5.74. The standard InChI is InChI=1S/C18H15I/c19-16-11-12-17(14-7-3-1-4-8-14)18(13-16)15-9-5-2-6-10-15/h1-11,13,17H,12H2. The fourth-order valence-electron chi connectivity index (χ4n) is 2.58. The third-order valence-corrected chi connectivity index (χ3v) is 4.28. The van der Waals surface area contributed by atoms with E-state index in [0.717, 1.165) is 6.42 Å². The zero-order valence-corrected chi connectivity index (χ0v) is 12.7. The van der Waals surface area contributed by atoms with Crippen molar-refractivity contribution < 1.29 is 0 Å². The van der Waals surface area contributed by atoms with Crippen LogP contribution in [0.3, 0.4) is 0 Å². The zero-order valence-electron chi connectivity index (χ0n) is 10.6. The maximum absolute atomic E-state index is 2.41. The monoisotopic (exact) mass is 358 g/mol. The summed E-state index contributed by atoms with van der Waals surface area (Å²) in [5.41, 5.74) is 4.16. The lowest BCUT2D eigenvalue weighted by atomic mass is 9.82. The lowest BCUT2D eigenvalue weighted by Crippen LogP contribution is -2.04. The van der Waals surface area contributed by atoms with E-state index in [1.54, 1.807) is 0 Å². The molecule has 3 rings (SSSR count). The highest BCUT2D eigenvalue weighted by atomic mass is 127. The molecule has 0 bridgehead atoms. The lowest BCUT2D eigenvalue weighted by molar-refractivity contribution is 0.873. The Bertz CT molecular complexity index is 609. The van der Waals surface area contributed by atoms with Crippen LogP contribution in [0.5, 0.6) is 0 Å². The number of benzene rings is 2. The summed E-state index contributed by atoms with van der Waals surface area (Å²) in [5, 5.41) is 0. The molecule has 1 unspecified atom stereocenters. The van der Waals surface area contributed by atoms with Crippen LogP contribution in [-0.2, 0) is 0 Å². The Hall–Kier alpha value is -1.35. The number of hydrogen-bond donors (Lipinski definition) is 0. The first kappa shape index (κ1) is 12.7. The van der Waals surface area contributed by atoms with E-state index in [1.807, 2.05) is 0 Å². The number of halogens is 1. The van der Waals surface area contributed by atoms with E-state index in [0.29, 0.717) is 5.92 Å². The highest BCUT2D eigenvalue weighted by Gasteiger charge is 2.20. The summed E-state index contributed by atoms with van der Waals surface area (Å²) >= 11 is 2.41. The van der Waals surface area contributed by atoms with Crippen LogP contribution in [0.2, 0.25) is 0 Å². The Morgan fingerprint density at radius 3 is 2.16 bits per heavy atom. The first-order chi connectivity index (χ1) is 9.34. The van der Waals surface area contributed by atoms with E-state index in [1.165, 1.54) is 20.3 Å². The van der Waals surface area contributed by atoms with Crippen molar-refractivity contribution in [1.82, 2.24) is 0 Å². The average molecular weight is 358 g/mol. The van der Waals surface area contributed by atoms with Gasteiger partial charge < -0.3 is 0 Å². The zero-order chi connectivity index (χ0) is 13.1. The van der Waals surface area contributed by atoms with Gasteiger partial charge in [0.2, 0.25) is 0 Å². The average Bonchev–Trinajstić information content (AvgIpc) is 2.49. The van der Waals surface area contributed by atoms with Gasteiger partial charge in [0.05, 0.1) is 0 Å². The molecular formula is C18H15I. The van der Waals surface area contributed by atoms with Crippen molar-refractivity contribution in [3.05, 3.63) is 87.5 Å².